The molecule has 6 nitrogen and oxygen atoms in total. The van der Waals surface area contributed by atoms with Gasteiger partial charge < -0.3 is 5.32 Å². The molecule has 0 aliphatic carbocycles. The molecule has 32 heavy (non-hydrogen) atoms. The Morgan fingerprint density at radius 3 is 2.28 bits per heavy atom. The molecule has 0 bridgehead atoms. The number of benzene rings is 1. The zero-order chi connectivity index (χ0) is 23.8. The first-order valence-corrected chi connectivity index (χ1v) is 9.36. The first-order chi connectivity index (χ1) is 14.8. The number of carbonyl (C=O) groups is 1. The molecule has 1 aromatic carbocycles. The number of alkyl halides is 6. The summed E-state index contributed by atoms with van der Waals surface area (Å²) in [5.74, 6) is -2.95. The van der Waals surface area contributed by atoms with E-state index in [9.17, 15) is 31.1 Å². The van der Waals surface area contributed by atoms with E-state index in [-0.39, 0.29) is 21.7 Å². The van der Waals surface area contributed by atoms with Crippen LogP contribution in [0.2, 0.25) is 10.0 Å². The lowest BCUT2D eigenvalue weighted by molar-refractivity contribution is -0.145. The number of hydrogen-bond acceptors (Lipinski definition) is 4. The normalized spacial score (nSPS) is 13.2. The van der Waals surface area contributed by atoms with Crippen LogP contribution in [-0.4, -0.2) is 25.7 Å². The van der Waals surface area contributed by atoms with E-state index in [0.717, 1.165) is 10.7 Å². The Hall–Kier alpha value is -2.86. The molecule has 0 aliphatic rings. The minimum atomic E-state index is -4.90. The van der Waals surface area contributed by atoms with Crippen LogP contribution < -0.4 is 5.32 Å². The van der Waals surface area contributed by atoms with Crippen LogP contribution in [0.4, 0.5) is 26.3 Å². The third kappa shape index (κ3) is 5.30. The number of nitrogens with one attached hydrogen (secondary N) is 1. The predicted octanol–water partition coefficient (Wildman–Crippen LogP) is 5.50. The van der Waals surface area contributed by atoms with Gasteiger partial charge in [0.15, 0.2) is 11.6 Å². The molecule has 170 valence electrons. The van der Waals surface area contributed by atoms with Crippen molar-refractivity contribution < 1.29 is 31.1 Å². The van der Waals surface area contributed by atoms with Crippen molar-refractivity contribution in [3.05, 3.63) is 69.3 Å². The largest absolute Gasteiger partial charge is 0.453 e. The third-order valence-electron chi connectivity index (χ3n) is 4.04. The molecule has 0 fully saturated rings. The highest BCUT2D eigenvalue weighted by Crippen LogP contribution is 2.32. The highest BCUT2D eigenvalue weighted by Gasteiger charge is 2.38. The van der Waals surface area contributed by atoms with Gasteiger partial charge in [-0.25, -0.2) is 9.97 Å². The molecule has 14 heteroatoms. The molecule has 3 rings (SSSR count). The number of amides is 1. The van der Waals surface area contributed by atoms with Crippen LogP contribution >= 0.6 is 23.2 Å². The quantitative estimate of drug-likeness (QED) is 0.483. The van der Waals surface area contributed by atoms with E-state index < -0.39 is 41.3 Å². The fraction of sp³-hybridized carbons (Fsp3) is 0.222. The molecule has 2 heterocycles. The van der Waals surface area contributed by atoms with Gasteiger partial charge in [0.2, 0.25) is 0 Å². The van der Waals surface area contributed by atoms with Crippen molar-refractivity contribution in [2.24, 2.45) is 0 Å². The van der Waals surface area contributed by atoms with Gasteiger partial charge in [-0.05, 0) is 37.3 Å². The lowest BCUT2D eigenvalue weighted by Crippen LogP contribution is -2.29. The van der Waals surface area contributed by atoms with Gasteiger partial charge in [-0.3, -0.25) is 4.79 Å². The summed E-state index contributed by atoms with van der Waals surface area (Å²) in [6, 6.07) is 3.63. The summed E-state index contributed by atoms with van der Waals surface area (Å²) in [6.07, 6.45) is -8.48. The van der Waals surface area contributed by atoms with Crippen LogP contribution in [0, 0.1) is 0 Å². The van der Waals surface area contributed by atoms with E-state index in [2.05, 4.69) is 20.4 Å². The predicted molar refractivity (Wildman–Crippen MR) is 102 cm³/mol. The Labute approximate surface area is 186 Å². The van der Waals surface area contributed by atoms with E-state index >= 15 is 0 Å². The van der Waals surface area contributed by atoms with Gasteiger partial charge in [0.25, 0.3) is 11.7 Å². The summed E-state index contributed by atoms with van der Waals surface area (Å²) in [4.78, 5) is 19.8. The van der Waals surface area contributed by atoms with Gasteiger partial charge in [0, 0.05) is 16.8 Å². The van der Waals surface area contributed by atoms with Crippen molar-refractivity contribution >= 4 is 29.1 Å². The zero-order valence-electron chi connectivity index (χ0n) is 15.8. The molecule has 0 spiro atoms. The van der Waals surface area contributed by atoms with Crippen molar-refractivity contribution in [3.63, 3.8) is 0 Å². The van der Waals surface area contributed by atoms with Gasteiger partial charge in [0.1, 0.15) is 0 Å². The maximum absolute atomic E-state index is 13.2. The standard InChI is InChI=1S/C18H11Cl2F6N5O/c1-8(28-15(32)9-4-10(17(21,22)23)6-12(20)5-9)14-29-16(18(24,25)26)30-31(14)13-3-2-11(19)7-27-13/h2-8H,1H3,(H,28,32). The maximum atomic E-state index is 13.2. The van der Waals surface area contributed by atoms with Crippen molar-refractivity contribution in [2.75, 3.05) is 0 Å². The lowest BCUT2D eigenvalue weighted by Gasteiger charge is -2.15. The maximum Gasteiger partial charge on any atom is 0.453 e. The Balaban J connectivity index is 1.96. The summed E-state index contributed by atoms with van der Waals surface area (Å²) in [5, 5.41) is 5.57. The molecule has 0 saturated carbocycles. The summed E-state index contributed by atoms with van der Waals surface area (Å²) in [7, 11) is 0. The third-order valence-corrected chi connectivity index (χ3v) is 4.48. The second kappa shape index (κ2) is 8.58. The topological polar surface area (TPSA) is 72.7 Å². The minimum Gasteiger partial charge on any atom is -0.342 e. The van der Waals surface area contributed by atoms with Gasteiger partial charge in [-0.1, -0.05) is 23.2 Å². The molecular weight excluding hydrogens is 487 g/mol. The van der Waals surface area contributed by atoms with Crippen LogP contribution in [0.15, 0.2) is 36.5 Å². The fourth-order valence-corrected chi connectivity index (χ4v) is 2.96. The highest BCUT2D eigenvalue weighted by atomic mass is 35.5. The Morgan fingerprint density at radius 1 is 1.03 bits per heavy atom. The Kier molecular flexibility index (Phi) is 6.38. The number of hydrogen-bond donors (Lipinski definition) is 1. The van der Waals surface area contributed by atoms with Gasteiger partial charge in [-0.15, -0.1) is 5.10 Å². The van der Waals surface area contributed by atoms with E-state index in [1.165, 1.54) is 25.3 Å². The molecule has 1 unspecified atom stereocenters. The van der Waals surface area contributed by atoms with Crippen molar-refractivity contribution in [1.82, 2.24) is 25.1 Å². The number of aromatic nitrogens is 4. The van der Waals surface area contributed by atoms with E-state index in [0.29, 0.717) is 12.1 Å². The molecule has 0 saturated heterocycles. The van der Waals surface area contributed by atoms with Gasteiger partial charge >= 0.3 is 12.4 Å². The monoisotopic (exact) mass is 497 g/mol. The van der Waals surface area contributed by atoms with Crippen LogP contribution in [-0.2, 0) is 12.4 Å². The SMILES string of the molecule is CC(NC(=O)c1cc(Cl)cc(C(F)(F)F)c1)c1nc(C(F)(F)F)nn1-c1ccc(Cl)cn1. The second-order valence-corrected chi connectivity index (χ2v) is 7.33. The average Bonchev–Trinajstić information content (AvgIpc) is 3.13. The summed E-state index contributed by atoms with van der Waals surface area (Å²) in [6.45, 7) is 1.28. The van der Waals surface area contributed by atoms with Crippen LogP contribution in [0.1, 0.15) is 40.5 Å². The molecule has 1 atom stereocenters. The molecule has 1 N–H and O–H groups in total. The molecule has 0 radical (unpaired) electrons. The molecule has 0 aliphatic heterocycles. The summed E-state index contributed by atoms with van der Waals surface area (Å²) in [5.41, 5.74) is -1.60. The number of carbonyl (C=O) groups excluding carboxylic acids is 1. The average molecular weight is 498 g/mol. The van der Waals surface area contributed by atoms with Crippen molar-refractivity contribution in [2.45, 2.75) is 25.3 Å². The second-order valence-electron chi connectivity index (χ2n) is 6.46. The van der Waals surface area contributed by atoms with Crippen LogP contribution in [0.5, 0.6) is 0 Å². The van der Waals surface area contributed by atoms with E-state index in [4.69, 9.17) is 23.2 Å². The zero-order valence-corrected chi connectivity index (χ0v) is 17.3. The lowest BCUT2D eigenvalue weighted by atomic mass is 10.1. The first kappa shape index (κ1) is 23.8. The number of pyridine rings is 1. The highest BCUT2D eigenvalue weighted by molar-refractivity contribution is 6.31. The molecular formula is C18H11Cl2F6N5O. The smallest absolute Gasteiger partial charge is 0.342 e. The van der Waals surface area contributed by atoms with Crippen molar-refractivity contribution in [3.8, 4) is 5.82 Å². The van der Waals surface area contributed by atoms with Crippen molar-refractivity contribution in [1.29, 1.82) is 0 Å². The Morgan fingerprint density at radius 2 is 1.72 bits per heavy atom. The summed E-state index contributed by atoms with van der Waals surface area (Å²) >= 11 is 11.4. The molecule has 2 aromatic heterocycles. The minimum absolute atomic E-state index is 0.0735. The Bertz CT molecular complexity index is 1140. The van der Waals surface area contributed by atoms with Crippen LogP contribution in [0.25, 0.3) is 5.82 Å². The van der Waals surface area contributed by atoms with E-state index in [1.54, 1.807) is 0 Å². The number of nitrogens with zero attached hydrogens (tertiary/aromatic N) is 4. The fourth-order valence-electron chi connectivity index (χ4n) is 2.62. The molecule has 1 amide bonds. The van der Waals surface area contributed by atoms with E-state index in [1.807, 2.05) is 0 Å². The summed E-state index contributed by atoms with van der Waals surface area (Å²) < 4.78 is 79.2. The van der Waals surface area contributed by atoms with Gasteiger partial charge in [-0.2, -0.15) is 31.0 Å². The van der Waals surface area contributed by atoms with Gasteiger partial charge in [0.05, 0.1) is 16.6 Å². The molecule has 3 aromatic rings. The first-order valence-electron chi connectivity index (χ1n) is 8.60. The number of rotatable bonds is 4. The number of halogens is 8. The van der Waals surface area contributed by atoms with Crippen LogP contribution in [0.3, 0.4) is 0 Å².